The molecule has 0 saturated carbocycles. The lowest BCUT2D eigenvalue weighted by Crippen LogP contribution is -3.08. The maximum Gasteiger partial charge on any atom is 0.294 e. The van der Waals surface area contributed by atoms with Crippen LogP contribution in [-0.2, 0) is 11.3 Å². The smallest absolute Gasteiger partial charge is 0.294 e. The molecule has 2 rings (SSSR count). The minimum absolute atomic E-state index is 0.130. The Morgan fingerprint density at radius 2 is 2.04 bits per heavy atom. The van der Waals surface area contributed by atoms with E-state index in [4.69, 9.17) is 16.3 Å². The van der Waals surface area contributed by atoms with Crippen molar-refractivity contribution in [2.24, 2.45) is 0 Å². The van der Waals surface area contributed by atoms with Gasteiger partial charge in [0.05, 0.1) is 19.1 Å². The van der Waals surface area contributed by atoms with E-state index in [1.54, 1.807) is 7.11 Å². The average Bonchev–Trinajstić information content (AvgIpc) is 2.56. The molecule has 0 aliphatic rings. The normalized spacial score (nSPS) is 11.7. The van der Waals surface area contributed by atoms with E-state index in [2.05, 4.69) is 5.32 Å². The van der Waals surface area contributed by atoms with Gasteiger partial charge in [-0.05, 0) is 31.2 Å². The van der Waals surface area contributed by atoms with Gasteiger partial charge in [-0.3, -0.25) is 14.9 Å². The summed E-state index contributed by atoms with van der Waals surface area (Å²) in [5, 5.41) is 13.9. The van der Waals surface area contributed by atoms with Crippen LogP contribution in [0.3, 0.4) is 0 Å². The van der Waals surface area contributed by atoms with Crippen molar-refractivity contribution in [1.29, 1.82) is 0 Å². The minimum atomic E-state index is -0.574. The number of rotatable bonds is 7. The number of carbonyl (C=O) groups is 1. The Hall–Kier alpha value is -2.64. The monoisotopic (exact) mass is 378 g/mol. The highest BCUT2D eigenvalue weighted by molar-refractivity contribution is 6.31. The molecule has 0 aromatic heterocycles. The highest BCUT2D eigenvalue weighted by Crippen LogP contribution is 2.27. The Bertz CT molecular complexity index is 826. The molecule has 0 radical (unpaired) electrons. The molecule has 0 aliphatic heterocycles. The number of nitro groups is 1. The molecule has 0 saturated heterocycles. The molecule has 2 aromatic carbocycles. The first-order valence-corrected chi connectivity index (χ1v) is 8.36. The van der Waals surface area contributed by atoms with Crippen LogP contribution >= 0.6 is 11.6 Å². The molecule has 0 spiro atoms. The molecule has 7 nitrogen and oxygen atoms in total. The zero-order valence-electron chi connectivity index (χ0n) is 14.8. The number of ether oxygens (including phenoxy) is 1. The third-order valence-corrected chi connectivity index (χ3v) is 4.06. The zero-order valence-corrected chi connectivity index (χ0v) is 15.6. The van der Waals surface area contributed by atoms with Gasteiger partial charge >= 0.3 is 0 Å². The van der Waals surface area contributed by atoms with E-state index in [1.807, 2.05) is 32.2 Å². The molecule has 26 heavy (non-hydrogen) atoms. The van der Waals surface area contributed by atoms with Crippen molar-refractivity contribution in [3.63, 3.8) is 0 Å². The number of likely N-dealkylation sites (N-methyl/N-ethyl adjacent to an activating group) is 1. The number of halogens is 1. The number of hydrogen-bond acceptors (Lipinski definition) is 4. The fourth-order valence-electron chi connectivity index (χ4n) is 2.66. The molecule has 0 aliphatic carbocycles. The van der Waals surface area contributed by atoms with E-state index < -0.39 is 4.92 Å². The second-order valence-corrected chi connectivity index (χ2v) is 6.53. The van der Waals surface area contributed by atoms with E-state index in [0.29, 0.717) is 6.54 Å². The third-order valence-electron chi connectivity index (χ3n) is 3.82. The van der Waals surface area contributed by atoms with Gasteiger partial charge in [0.25, 0.3) is 11.6 Å². The fourth-order valence-corrected chi connectivity index (χ4v) is 2.83. The van der Waals surface area contributed by atoms with E-state index in [-0.39, 0.29) is 28.8 Å². The topological polar surface area (TPSA) is 85.9 Å². The Morgan fingerprint density at radius 3 is 2.69 bits per heavy atom. The van der Waals surface area contributed by atoms with Gasteiger partial charge in [0.1, 0.15) is 18.0 Å². The van der Waals surface area contributed by atoms with Gasteiger partial charge in [-0.2, -0.15) is 0 Å². The Balaban J connectivity index is 2.04. The van der Waals surface area contributed by atoms with Gasteiger partial charge in [-0.1, -0.05) is 23.2 Å². The molecule has 1 atom stereocenters. The highest BCUT2D eigenvalue weighted by Gasteiger charge is 2.19. The first-order chi connectivity index (χ1) is 12.3. The summed E-state index contributed by atoms with van der Waals surface area (Å²) >= 11 is 5.78. The number of amides is 1. The Morgan fingerprint density at radius 1 is 1.31 bits per heavy atom. The molecule has 2 aromatic rings. The van der Waals surface area contributed by atoms with Crippen LogP contribution in [0.15, 0.2) is 36.4 Å². The van der Waals surface area contributed by atoms with Crippen molar-refractivity contribution < 1.29 is 19.4 Å². The van der Waals surface area contributed by atoms with Crippen LogP contribution in [-0.4, -0.2) is 31.5 Å². The van der Waals surface area contributed by atoms with Gasteiger partial charge in [0.15, 0.2) is 6.54 Å². The molecule has 2 N–H and O–H groups in total. The highest BCUT2D eigenvalue weighted by atomic mass is 35.5. The predicted molar refractivity (Wildman–Crippen MR) is 99.9 cm³/mol. The number of benzene rings is 2. The van der Waals surface area contributed by atoms with Crippen molar-refractivity contribution in [3.8, 4) is 5.75 Å². The number of methoxy groups -OCH3 is 1. The van der Waals surface area contributed by atoms with Crippen molar-refractivity contribution >= 4 is 28.9 Å². The lowest BCUT2D eigenvalue weighted by atomic mass is 10.1. The summed E-state index contributed by atoms with van der Waals surface area (Å²) < 4.78 is 5.35. The number of nitrogens with zero attached hydrogens (tertiary/aromatic N) is 1. The second kappa shape index (κ2) is 8.64. The molecule has 0 fully saturated rings. The number of anilines is 1. The van der Waals surface area contributed by atoms with Gasteiger partial charge < -0.3 is 15.0 Å². The first-order valence-electron chi connectivity index (χ1n) is 7.98. The van der Waals surface area contributed by atoms with Crippen molar-refractivity contribution in [2.45, 2.75) is 13.5 Å². The number of hydrogen-bond donors (Lipinski definition) is 2. The van der Waals surface area contributed by atoms with Crippen LogP contribution in [0, 0.1) is 17.0 Å². The van der Waals surface area contributed by atoms with Crippen LogP contribution in [0.25, 0.3) is 0 Å². The number of carbonyl (C=O) groups excluding carboxylic acids is 1. The lowest BCUT2D eigenvalue weighted by molar-refractivity contribution is -0.885. The molecular weight excluding hydrogens is 358 g/mol. The molecule has 138 valence electrons. The summed E-state index contributed by atoms with van der Waals surface area (Å²) in [6.07, 6.45) is 0. The van der Waals surface area contributed by atoms with E-state index >= 15 is 0 Å². The summed E-state index contributed by atoms with van der Waals surface area (Å²) in [7, 11) is 3.48. The van der Waals surface area contributed by atoms with Crippen molar-refractivity contribution in [3.05, 3.63) is 62.7 Å². The first kappa shape index (κ1) is 19.7. The average molecular weight is 379 g/mol. The van der Waals surface area contributed by atoms with Crippen molar-refractivity contribution in [1.82, 2.24) is 0 Å². The van der Waals surface area contributed by atoms with Crippen LogP contribution in [0.5, 0.6) is 5.75 Å². The van der Waals surface area contributed by atoms with E-state index in [1.165, 1.54) is 18.2 Å². The standard InChI is InChI=1S/C18H20ClN3O4/c1-12-4-7-17(26-3)13(8-12)10-21(2)11-18(23)20-15-6-5-14(19)9-16(15)22(24)25/h4-9H,10-11H2,1-3H3,(H,20,23)/p+1. The predicted octanol–water partition coefficient (Wildman–Crippen LogP) is 2.22. The van der Waals surface area contributed by atoms with Crippen LogP contribution in [0.2, 0.25) is 5.02 Å². The molecule has 8 heteroatoms. The van der Waals surface area contributed by atoms with E-state index in [0.717, 1.165) is 21.8 Å². The largest absolute Gasteiger partial charge is 0.496 e. The molecular formula is C18H21ClN3O4+. The third kappa shape index (κ3) is 5.18. The number of nitrogens with one attached hydrogen (secondary N) is 2. The summed E-state index contributed by atoms with van der Waals surface area (Å²) in [4.78, 5) is 23.7. The maximum atomic E-state index is 12.3. The maximum absolute atomic E-state index is 12.3. The quantitative estimate of drug-likeness (QED) is 0.571. The fraction of sp³-hybridized carbons (Fsp3) is 0.278. The number of nitro benzene ring substituents is 1. The number of aryl methyl sites for hydroxylation is 1. The summed E-state index contributed by atoms with van der Waals surface area (Å²) in [6.45, 7) is 2.72. The van der Waals surface area contributed by atoms with Crippen molar-refractivity contribution in [2.75, 3.05) is 26.0 Å². The Labute approximate surface area is 156 Å². The summed E-state index contributed by atoms with van der Waals surface area (Å²) in [5.41, 5.74) is 2.00. The minimum Gasteiger partial charge on any atom is -0.496 e. The lowest BCUT2D eigenvalue weighted by Gasteiger charge is -2.16. The zero-order chi connectivity index (χ0) is 19.3. The van der Waals surface area contributed by atoms with Gasteiger partial charge in [-0.25, -0.2) is 0 Å². The van der Waals surface area contributed by atoms with Crippen LogP contribution in [0.1, 0.15) is 11.1 Å². The van der Waals surface area contributed by atoms with Gasteiger partial charge in [0.2, 0.25) is 0 Å². The summed E-state index contributed by atoms with van der Waals surface area (Å²) in [6, 6.07) is 10.0. The number of quaternary nitrogens is 1. The SMILES string of the molecule is COc1ccc(C)cc1C[NH+](C)CC(=O)Nc1ccc(Cl)cc1[N+](=O)[O-]. The summed E-state index contributed by atoms with van der Waals surface area (Å²) in [5.74, 6) is 0.447. The van der Waals surface area contributed by atoms with Gasteiger partial charge in [0, 0.05) is 16.7 Å². The molecule has 0 heterocycles. The Kier molecular flexibility index (Phi) is 6.54. The van der Waals surface area contributed by atoms with Gasteiger partial charge in [-0.15, -0.1) is 0 Å². The second-order valence-electron chi connectivity index (χ2n) is 6.09. The molecule has 1 amide bonds. The van der Waals surface area contributed by atoms with Crippen LogP contribution in [0.4, 0.5) is 11.4 Å². The van der Waals surface area contributed by atoms with E-state index in [9.17, 15) is 14.9 Å². The molecule has 1 unspecified atom stereocenters. The van der Waals surface area contributed by atoms with Crippen LogP contribution < -0.4 is 15.0 Å². The molecule has 0 bridgehead atoms.